The maximum atomic E-state index is 8.70. The molecule has 0 aliphatic heterocycles. The van der Waals surface area contributed by atoms with Crippen LogP contribution in [0.25, 0.3) is 0 Å². The zero-order valence-corrected chi connectivity index (χ0v) is 7.98. The van der Waals surface area contributed by atoms with Crippen molar-refractivity contribution in [3.63, 3.8) is 0 Å². The van der Waals surface area contributed by atoms with E-state index in [1.54, 1.807) is 0 Å². The highest BCUT2D eigenvalue weighted by atomic mass is 16.5. The van der Waals surface area contributed by atoms with Crippen LogP contribution in [0.2, 0.25) is 0 Å². The van der Waals surface area contributed by atoms with Gasteiger partial charge >= 0.3 is 0 Å². The average Bonchev–Trinajstić information content (AvgIpc) is 2.44. The minimum atomic E-state index is 0.567. The Bertz CT molecular complexity index is 304. The normalized spacial score (nSPS) is 15.8. The van der Waals surface area contributed by atoms with Gasteiger partial charge in [0.15, 0.2) is 0 Å². The van der Waals surface area contributed by atoms with Crippen molar-refractivity contribution >= 4 is 0 Å². The van der Waals surface area contributed by atoms with Gasteiger partial charge in [-0.25, -0.2) is 5.48 Å². The molecule has 0 atom stereocenters. The third kappa shape index (κ3) is 1.49. The predicted molar refractivity (Wildman–Crippen MR) is 50.8 cm³/mol. The molecule has 72 valence electrons. The summed E-state index contributed by atoms with van der Waals surface area (Å²) in [5.41, 5.74) is 7.52. The summed E-state index contributed by atoms with van der Waals surface area (Å²) in [6.07, 6.45) is 4.90. The number of hydrogen-bond acceptors (Lipinski definition) is 2. The SMILES string of the molecule is Cc1[nH]c2c(c1CNO)CCCC2. The number of aryl methyl sites for hydroxylation is 2. The van der Waals surface area contributed by atoms with Crippen LogP contribution >= 0.6 is 0 Å². The lowest BCUT2D eigenvalue weighted by Crippen LogP contribution is -2.10. The van der Waals surface area contributed by atoms with Crippen LogP contribution < -0.4 is 5.48 Å². The fourth-order valence-electron chi connectivity index (χ4n) is 2.22. The molecule has 0 aromatic carbocycles. The molecule has 2 rings (SSSR count). The highest BCUT2D eigenvalue weighted by Gasteiger charge is 2.17. The van der Waals surface area contributed by atoms with Crippen molar-refractivity contribution in [1.82, 2.24) is 10.5 Å². The Morgan fingerprint density at radius 2 is 2.15 bits per heavy atom. The molecule has 1 aromatic heterocycles. The van der Waals surface area contributed by atoms with Gasteiger partial charge in [0.1, 0.15) is 0 Å². The second-order valence-electron chi connectivity index (χ2n) is 3.73. The van der Waals surface area contributed by atoms with Gasteiger partial charge < -0.3 is 10.2 Å². The molecule has 3 heteroatoms. The molecule has 3 nitrogen and oxygen atoms in total. The molecule has 0 saturated carbocycles. The zero-order valence-electron chi connectivity index (χ0n) is 7.98. The standard InChI is InChI=1S/C10H16N2O/c1-7-9(6-11-13)8-4-2-3-5-10(8)12-7/h11-13H,2-6H2,1H3. The molecule has 0 radical (unpaired) electrons. The van der Waals surface area contributed by atoms with Gasteiger partial charge in [0.05, 0.1) is 0 Å². The highest BCUT2D eigenvalue weighted by molar-refractivity contribution is 5.37. The Balaban J connectivity index is 2.36. The minimum absolute atomic E-state index is 0.567. The summed E-state index contributed by atoms with van der Waals surface area (Å²) in [6.45, 7) is 2.64. The molecule has 0 saturated heterocycles. The Hall–Kier alpha value is -0.800. The topological polar surface area (TPSA) is 48.0 Å². The summed E-state index contributed by atoms with van der Waals surface area (Å²) < 4.78 is 0. The maximum Gasteiger partial charge on any atom is 0.0478 e. The van der Waals surface area contributed by atoms with E-state index in [1.807, 2.05) is 0 Å². The summed E-state index contributed by atoms with van der Waals surface area (Å²) in [5, 5.41) is 8.70. The van der Waals surface area contributed by atoms with E-state index in [4.69, 9.17) is 5.21 Å². The minimum Gasteiger partial charge on any atom is -0.362 e. The van der Waals surface area contributed by atoms with Gasteiger partial charge in [-0.1, -0.05) is 0 Å². The molecular formula is C10H16N2O. The summed E-state index contributed by atoms with van der Waals surface area (Å²) in [5.74, 6) is 0. The van der Waals surface area contributed by atoms with Crippen LogP contribution in [0.15, 0.2) is 0 Å². The lowest BCUT2D eigenvalue weighted by Gasteiger charge is -2.12. The predicted octanol–water partition coefficient (Wildman–Crippen LogP) is 1.68. The highest BCUT2D eigenvalue weighted by Crippen LogP contribution is 2.26. The van der Waals surface area contributed by atoms with Crippen molar-refractivity contribution in [2.24, 2.45) is 0 Å². The van der Waals surface area contributed by atoms with Gasteiger partial charge in [0.2, 0.25) is 0 Å². The van der Waals surface area contributed by atoms with E-state index in [9.17, 15) is 0 Å². The van der Waals surface area contributed by atoms with E-state index in [0.717, 1.165) is 6.42 Å². The first-order valence-corrected chi connectivity index (χ1v) is 4.89. The number of aromatic nitrogens is 1. The Morgan fingerprint density at radius 3 is 2.92 bits per heavy atom. The van der Waals surface area contributed by atoms with Crippen molar-refractivity contribution in [3.05, 3.63) is 22.5 Å². The van der Waals surface area contributed by atoms with Crippen molar-refractivity contribution < 1.29 is 5.21 Å². The molecule has 1 aromatic rings. The van der Waals surface area contributed by atoms with Crippen molar-refractivity contribution in [3.8, 4) is 0 Å². The summed E-state index contributed by atoms with van der Waals surface area (Å²) in [4.78, 5) is 3.40. The van der Waals surface area contributed by atoms with Crippen LogP contribution in [-0.4, -0.2) is 10.2 Å². The largest absolute Gasteiger partial charge is 0.362 e. The first-order chi connectivity index (χ1) is 6.33. The summed E-state index contributed by atoms with van der Waals surface area (Å²) >= 11 is 0. The van der Waals surface area contributed by atoms with Crippen molar-refractivity contribution in [1.29, 1.82) is 0 Å². The molecular weight excluding hydrogens is 164 g/mol. The van der Waals surface area contributed by atoms with Gasteiger partial charge in [-0.2, -0.15) is 0 Å². The number of H-pyrrole nitrogens is 1. The lowest BCUT2D eigenvalue weighted by molar-refractivity contribution is 0.161. The van der Waals surface area contributed by atoms with Crippen LogP contribution in [0.5, 0.6) is 0 Å². The Kier molecular flexibility index (Phi) is 2.38. The van der Waals surface area contributed by atoms with Gasteiger partial charge in [0, 0.05) is 17.9 Å². The van der Waals surface area contributed by atoms with Gasteiger partial charge in [0.25, 0.3) is 0 Å². The van der Waals surface area contributed by atoms with E-state index in [2.05, 4.69) is 17.4 Å². The van der Waals surface area contributed by atoms with Crippen molar-refractivity contribution in [2.75, 3.05) is 0 Å². The number of aromatic amines is 1. The molecule has 1 heterocycles. The number of hydroxylamine groups is 1. The molecule has 0 unspecified atom stereocenters. The quantitative estimate of drug-likeness (QED) is 0.606. The second kappa shape index (κ2) is 3.52. The van der Waals surface area contributed by atoms with Crippen LogP contribution in [0, 0.1) is 6.92 Å². The second-order valence-corrected chi connectivity index (χ2v) is 3.73. The molecule has 0 bridgehead atoms. The van der Waals surface area contributed by atoms with Crippen LogP contribution in [0.1, 0.15) is 35.4 Å². The molecule has 0 spiro atoms. The molecule has 0 fully saturated rings. The molecule has 0 amide bonds. The fourth-order valence-corrected chi connectivity index (χ4v) is 2.22. The average molecular weight is 180 g/mol. The first-order valence-electron chi connectivity index (χ1n) is 4.89. The molecule has 3 N–H and O–H groups in total. The van der Waals surface area contributed by atoms with Gasteiger partial charge in [-0.3, -0.25) is 0 Å². The smallest absolute Gasteiger partial charge is 0.0478 e. The number of hydrogen-bond donors (Lipinski definition) is 3. The van der Waals surface area contributed by atoms with E-state index in [-0.39, 0.29) is 0 Å². The van der Waals surface area contributed by atoms with E-state index < -0.39 is 0 Å². The number of rotatable bonds is 2. The summed E-state index contributed by atoms with van der Waals surface area (Å²) in [6, 6.07) is 0. The van der Waals surface area contributed by atoms with E-state index >= 15 is 0 Å². The first kappa shape index (κ1) is 8.78. The molecule has 1 aliphatic carbocycles. The summed E-state index contributed by atoms with van der Waals surface area (Å²) in [7, 11) is 0. The number of nitrogens with one attached hydrogen (secondary N) is 2. The van der Waals surface area contributed by atoms with Crippen LogP contribution in [-0.2, 0) is 19.4 Å². The van der Waals surface area contributed by atoms with Crippen LogP contribution in [0.4, 0.5) is 0 Å². The lowest BCUT2D eigenvalue weighted by atomic mass is 9.94. The van der Waals surface area contributed by atoms with Crippen molar-refractivity contribution in [2.45, 2.75) is 39.2 Å². The van der Waals surface area contributed by atoms with Gasteiger partial charge in [-0.15, -0.1) is 0 Å². The van der Waals surface area contributed by atoms with Gasteiger partial charge in [-0.05, 0) is 43.7 Å². The fraction of sp³-hybridized carbons (Fsp3) is 0.600. The third-order valence-electron chi connectivity index (χ3n) is 2.88. The van der Waals surface area contributed by atoms with Crippen LogP contribution in [0.3, 0.4) is 0 Å². The molecule has 1 aliphatic rings. The van der Waals surface area contributed by atoms with E-state index in [0.29, 0.717) is 6.54 Å². The Labute approximate surface area is 78.1 Å². The maximum absolute atomic E-state index is 8.70. The zero-order chi connectivity index (χ0) is 9.26. The monoisotopic (exact) mass is 180 g/mol. The third-order valence-corrected chi connectivity index (χ3v) is 2.88. The molecule has 13 heavy (non-hydrogen) atoms. The number of fused-ring (bicyclic) bond motifs is 1. The van der Waals surface area contributed by atoms with E-state index in [1.165, 1.54) is 41.8 Å². The Morgan fingerprint density at radius 1 is 1.38 bits per heavy atom.